The van der Waals surface area contributed by atoms with Crippen molar-refractivity contribution < 1.29 is 13.8 Å². The van der Waals surface area contributed by atoms with Gasteiger partial charge in [-0.05, 0) is 38.1 Å². The van der Waals surface area contributed by atoms with Gasteiger partial charge in [-0.25, -0.2) is 0 Å². The second kappa shape index (κ2) is 7.73. The maximum absolute atomic E-state index is 12.7. The molecule has 0 bridgehead atoms. The molecular formula is C19H20ClN5O3. The summed E-state index contributed by atoms with van der Waals surface area (Å²) in [5.74, 6) is 1.62. The number of hydrogen-bond donors (Lipinski definition) is 0. The first-order chi connectivity index (χ1) is 13.5. The van der Waals surface area contributed by atoms with Crippen molar-refractivity contribution in [1.82, 2.24) is 25.1 Å². The van der Waals surface area contributed by atoms with Crippen molar-refractivity contribution in [3.05, 3.63) is 52.2 Å². The van der Waals surface area contributed by atoms with Crippen molar-refractivity contribution in [3.8, 4) is 11.4 Å². The minimum absolute atomic E-state index is 0.0290. The summed E-state index contributed by atoms with van der Waals surface area (Å²) in [6, 6.07) is 7.30. The van der Waals surface area contributed by atoms with Gasteiger partial charge in [0, 0.05) is 36.8 Å². The van der Waals surface area contributed by atoms with E-state index in [9.17, 15) is 4.79 Å². The lowest BCUT2D eigenvalue weighted by atomic mass is 10.1. The van der Waals surface area contributed by atoms with E-state index in [4.69, 9.17) is 20.6 Å². The molecule has 1 aromatic carbocycles. The first-order valence-electron chi connectivity index (χ1n) is 9.04. The Morgan fingerprint density at radius 2 is 1.79 bits per heavy atom. The van der Waals surface area contributed by atoms with Crippen molar-refractivity contribution in [2.24, 2.45) is 0 Å². The molecular weight excluding hydrogens is 382 g/mol. The third-order valence-corrected chi connectivity index (χ3v) is 5.09. The Labute approximate surface area is 167 Å². The predicted molar refractivity (Wildman–Crippen MR) is 102 cm³/mol. The highest BCUT2D eigenvalue weighted by Gasteiger charge is 2.27. The van der Waals surface area contributed by atoms with Crippen LogP contribution in [0.1, 0.15) is 27.7 Å². The largest absolute Gasteiger partial charge is 0.361 e. The van der Waals surface area contributed by atoms with E-state index in [1.54, 1.807) is 26.0 Å². The van der Waals surface area contributed by atoms with Gasteiger partial charge >= 0.3 is 0 Å². The third-order valence-electron chi connectivity index (χ3n) is 4.84. The molecule has 0 atom stereocenters. The molecule has 8 nitrogen and oxygen atoms in total. The molecule has 1 saturated heterocycles. The summed E-state index contributed by atoms with van der Waals surface area (Å²) in [7, 11) is 0. The second-order valence-electron chi connectivity index (χ2n) is 6.79. The van der Waals surface area contributed by atoms with Gasteiger partial charge in [0.15, 0.2) is 0 Å². The van der Waals surface area contributed by atoms with Crippen LogP contribution in [0.15, 0.2) is 33.3 Å². The SMILES string of the molecule is Cc1noc(C)c1C(=O)N1CCN(Cc2nc(-c3ccc(Cl)cc3)no2)CC1. The van der Waals surface area contributed by atoms with Gasteiger partial charge < -0.3 is 13.9 Å². The number of benzene rings is 1. The van der Waals surface area contributed by atoms with Crippen LogP contribution in [-0.2, 0) is 6.54 Å². The first kappa shape index (κ1) is 18.6. The van der Waals surface area contributed by atoms with Gasteiger partial charge in [-0.15, -0.1) is 0 Å². The molecule has 1 amide bonds. The van der Waals surface area contributed by atoms with E-state index >= 15 is 0 Å². The number of carbonyl (C=O) groups excluding carboxylic acids is 1. The van der Waals surface area contributed by atoms with E-state index in [0.29, 0.717) is 53.4 Å². The van der Waals surface area contributed by atoms with E-state index in [-0.39, 0.29) is 5.91 Å². The van der Waals surface area contributed by atoms with Crippen molar-refractivity contribution in [2.75, 3.05) is 26.2 Å². The quantitative estimate of drug-likeness (QED) is 0.664. The van der Waals surface area contributed by atoms with E-state index in [2.05, 4.69) is 20.2 Å². The Morgan fingerprint density at radius 3 is 2.43 bits per heavy atom. The molecule has 2 aromatic heterocycles. The van der Waals surface area contributed by atoms with Gasteiger partial charge in [0.1, 0.15) is 11.3 Å². The summed E-state index contributed by atoms with van der Waals surface area (Å²) in [6.45, 7) is 6.81. The van der Waals surface area contributed by atoms with Crippen LogP contribution in [0.3, 0.4) is 0 Å². The van der Waals surface area contributed by atoms with Crippen molar-refractivity contribution in [2.45, 2.75) is 20.4 Å². The maximum atomic E-state index is 12.7. The molecule has 146 valence electrons. The van der Waals surface area contributed by atoms with Crippen molar-refractivity contribution in [3.63, 3.8) is 0 Å². The molecule has 4 rings (SSSR count). The summed E-state index contributed by atoms with van der Waals surface area (Å²) >= 11 is 5.91. The van der Waals surface area contributed by atoms with Gasteiger partial charge in [0.05, 0.1) is 12.2 Å². The molecule has 3 aromatic rings. The van der Waals surface area contributed by atoms with Crippen LogP contribution in [0.25, 0.3) is 11.4 Å². The maximum Gasteiger partial charge on any atom is 0.259 e. The number of aryl methyl sites for hydroxylation is 2. The fourth-order valence-corrected chi connectivity index (χ4v) is 3.41. The molecule has 1 fully saturated rings. The molecule has 28 heavy (non-hydrogen) atoms. The standard InChI is InChI=1S/C19H20ClN5O3/c1-12-17(13(2)27-22-12)19(26)25-9-7-24(8-10-25)11-16-21-18(23-28-16)14-3-5-15(20)6-4-14/h3-6H,7-11H2,1-2H3. The van der Waals surface area contributed by atoms with Gasteiger partial charge in [-0.2, -0.15) is 4.98 Å². The summed E-state index contributed by atoms with van der Waals surface area (Å²) in [5, 5.41) is 8.57. The van der Waals surface area contributed by atoms with Crippen LogP contribution < -0.4 is 0 Å². The lowest BCUT2D eigenvalue weighted by Gasteiger charge is -2.33. The highest BCUT2D eigenvalue weighted by atomic mass is 35.5. The summed E-state index contributed by atoms with van der Waals surface area (Å²) in [5.41, 5.74) is 2.05. The molecule has 1 aliphatic heterocycles. The third kappa shape index (κ3) is 3.79. The Morgan fingerprint density at radius 1 is 1.07 bits per heavy atom. The van der Waals surface area contributed by atoms with Crippen LogP contribution in [0.4, 0.5) is 0 Å². The average molecular weight is 402 g/mol. The van der Waals surface area contributed by atoms with Gasteiger partial charge in [-0.3, -0.25) is 9.69 Å². The molecule has 9 heteroatoms. The highest BCUT2D eigenvalue weighted by molar-refractivity contribution is 6.30. The van der Waals surface area contributed by atoms with Gasteiger partial charge in [0.2, 0.25) is 11.7 Å². The number of nitrogens with zero attached hydrogens (tertiary/aromatic N) is 5. The van der Waals surface area contributed by atoms with Gasteiger partial charge in [-0.1, -0.05) is 21.9 Å². The fourth-order valence-electron chi connectivity index (χ4n) is 3.28. The number of aromatic nitrogens is 3. The minimum Gasteiger partial charge on any atom is -0.361 e. The zero-order valence-corrected chi connectivity index (χ0v) is 16.4. The number of rotatable bonds is 4. The normalized spacial score (nSPS) is 15.2. The molecule has 0 aliphatic carbocycles. The Balaban J connectivity index is 1.35. The van der Waals surface area contributed by atoms with E-state index < -0.39 is 0 Å². The van der Waals surface area contributed by atoms with E-state index in [1.807, 2.05) is 17.0 Å². The van der Waals surface area contributed by atoms with Gasteiger partial charge in [0.25, 0.3) is 5.91 Å². The smallest absolute Gasteiger partial charge is 0.259 e. The number of carbonyl (C=O) groups is 1. The molecule has 0 saturated carbocycles. The molecule has 1 aliphatic rings. The first-order valence-corrected chi connectivity index (χ1v) is 9.42. The fraction of sp³-hybridized carbons (Fsp3) is 0.368. The number of amides is 1. The summed E-state index contributed by atoms with van der Waals surface area (Å²) < 4.78 is 10.5. The van der Waals surface area contributed by atoms with Crippen LogP contribution in [0, 0.1) is 13.8 Å². The molecule has 3 heterocycles. The van der Waals surface area contributed by atoms with Crippen molar-refractivity contribution >= 4 is 17.5 Å². The lowest BCUT2D eigenvalue weighted by molar-refractivity contribution is 0.0613. The minimum atomic E-state index is -0.0290. The number of halogens is 1. The summed E-state index contributed by atoms with van der Waals surface area (Å²) in [4.78, 5) is 21.2. The average Bonchev–Trinajstić information content (AvgIpc) is 3.29. The molecule has 0 N–H and O–H groups in total. The van der Waals surface area contributed by atoms with Crippen LogP contribution in [0.2, 0.25) is 5.02 Å². The summed E-state index contributed by atoms with van der Waals surface area (Å²) in [6.07, 6.45) is 0. The molecule has 0 unspecified atom stereocenters. The number of hydrogen-bond acceptors (Lipinski definition) is 7. The lowest BCUT2D eigenvalue weighted by Crippen LogP contribution is -2.48. The molecule has 0 spiro atoms. The zero-order valence-electron chi connectivity index (χ0n) is 15.7. The second-order valence-corrected chi connectivity index (χ2v) is 7.22. The van der Waals surface area contributed by atoms with E-state index in [1.165, 1.54) is 0 Å². The highest BCUT2D eigenvalue weighted by Crippen LogP contribution is 2.20. The Hall–Kier alpha value is -2.71. The van der Waals surface area contributed by atoms with Crippen LogP contribution in [-0.4, -0.2) is 57.2 Å². The number of piperazine rings is 1. The monoisotopic (exact) mass is 401 g/mol. The topological polar surface area (TPSA) is 88.5 Å². The Kier molecular flexibility index (Phi) is 5.15. The molecule has 0 radical (unpaired) electrons. The van der Waals surface area contributed by atoms with Crippen molar-refractivity contribution in [1.29, 1.82) is 0 Å². The zero-order chi connectivity index (χ0) is 19.7. The van der Waals surface area contributed by atoms with E-state index in [0.717, 1.165) is 18.7 Å². The van der Waals surface area contributed by atoms with Crippen LogP contribution in [0.5, 0.6) is 0 Å². The predicted octanol–water partition coefficient (Wildman–Crippen LogP) is 2.95. The van der Waals surface area contributed by atoms with Crippen LogP contribution >= 0.6 is 11.6 Å². The Bertz CT molecular complexity index is 954.